The van der Waals surface area contributed by atoms with E-state index in [1.807, 2.05) is 13.8 Å². The summed E-state index contributed by atoms with van der Waals surface area (Å²) in [6.07, 6.45) is 5.46. The number of unbranched alkanes of at least 4 members (excludes halogenated alkanes) is 1. The molecule has 1 aliphatic carbocycles. The van der Waals surface area contributed by atoms with Crippen molar-refractivity contribution in [2.45, 2.75) is 59.8 Å². The topological polar surface area (TPSA) is 29.1 Å². The first kappa shape index (κ1) is 13.5. The van der Waals surface area contributed by atoms with Crippen LogP contribution in [0.15, 0.2) is 0 Å². The highest BCUT2D eigenvalue weighted by atomic mass is 16.2. The molecular formula is C12H25NO. The molecule has 14 heavy (non-hydrogen) atoms. The lowest BCUT2D eigenvalue weighted by Crippen LogP contribution is -2.32. The number of nitrogens with one attached hydrogen (secondary N) is 1. The van der Waals surface area contributed by atoms with Gasteiger partial charge < -0.3 is 5.32 Å². The lowest BCUT2D eigenvalue weighted by molar-refractivity contribution is -0.126. The molecular weight excluding hydrogens is 174 g/mol. The van der Waals surface area contributed by atoms with E-state index in [4.69, 9.17) is 0 Å². The van der Waals surface area contributed by atoms with E-state index in [9.17, 15) is 4.79 Å². The van der Waals surface area contributed by atoms with Crippen molar-refractivity contribution in [3.05, 3.63) is 0 Å². The van der Waals surface area contributed by atoms with Crippen LogP contribution in [0.2, 0.25) is 0 Å². The van der Waals surface area contributed by atoms with E-state index in [2.05, 4.69) is 19.2 Å². The average Bonchev–Trinajstić information content (AvgIpc) is 3.02. The molecule has 0 atom stereocenters. The molecule has 0 bridgehead atoms. The summed E-state index contributed by atoms with van der Waals surface area (Å²) in [6.45, 7) is 9.10. The van der Waals surface area contributed by atoms with Crippen molar-refractivity contribution >= 4 is 5.91 Å². The number of carbonyl (C=O) groups excluding carboxylic acids is 1. The zero-order chi connectivity index (χ0) is 11.0. The minimum absolute atomic E-state index is 0.0493. The van der Waals surface area contributed by atoms with Crippen molar-refractivity contribution in [3.63, 3.8) is 0 Å². The molecule has 0 radical (unpaired) electrons. The van der Waals surface area contributed by atoms with Crippen LogP contribution in [-0.4, -0.2) is 12.5 Å². The second-order valence-electron chi connectivity index (χ2n) is 3.74. The normalized spacial score (nSPS) is 16.6. The van der Waals surface area contributed by atoms with E-state index in [-0.39, 0.29) is 5.41 Å². The van der Waals surface area contributed by atoms with Gasteiger partial charge in [-0.05, 0) is 25.7 Å². The Morgan fingerprint density at radius 1 is 1.29 bits per heavy atom. The van der Waals surface area contributed by atoms with Gasteiger partial charge in [0.05, 0.1) is 0 Å². The molecule has 0 aromatic heterocycles. The van der Waals surface area contributed by atoms with Crippen LogP contribution in [-0.2, 0) is 4.79 Å². The Balaban J connectivity index is 0.000000791. The Labute approximate surface area is 88.5 Å². The van der Waals surface area contributed by atoms with E-state index in [1.54, 1.807) is 0 Å². The quantitative estimate of drug-likeness (QED) is 0.677. The Hall–Kier alpha value is -0.530. The Kier molecular flexibility index (Phi) is 6.60. The van der Waals surface area contributed by atoms with Crippen molar-refractivity contribution in [2.24, 2.45) is 5.41 Å². The van der Waals surface area contributed by atoms with E-state index in [0.29, 0.717) is 5.91 Å². The van der Waals surface area contributed by atoms with Gasteiger partial charge >= 0.3 is 0 Å². The van der Waals surface area contributed by atoms with Crippen LogP contribution >= 0.6 is 0 Å². The Bertz CT molecular complexity index is 162. The first-order valence-corrected chi connectivity index (χ1v) is 6.03. The third-order valence-corrected chi connectivity index (χ3v) is 2.83. The highest BCUT2D eigenvalue weighted by Crippen LogP contribution is 2.48. The maximum absolute atomic E-state index is 11.5. The lowest BCUT2D eigenvalue weighted by Gasteiger charge is -2.11. The molecule has 0 saturated heterocycles. The molecule has 0 spiro atoms. The fraction of sp³-hybridized carbons (Fsp3) is 0.917. The molecule has 0 unspecified atom stereocenters. The van der Waals surface area contributed by atoms with Gasteiger partial charge in [0.25, 0.3) is 0 Å². The number of rotatable bonds is 5. The summed E-state index contributed by atoms with van der Waals surface area (Å²) in [4.78, 5) is 11.5. The fourth-order valence-corrected chi connectivity index (χ4v) is 1.46. The zero-order valence-corrected chi connectivity index (χ0v) is 10.2. The fourth-order valence-electron chi connectivity index (χ4n) is 1.46. The molecule has 0 aromatic carbocycles. The van der Waals surface area contributed by atoms with Crippen LogP contribution in [0.4, 0.5) is 0 Å². The minimum Gasteiger partial charge on any atom is -0.356 e. The maximum atomic E-state index is 11.5. The molecule has 1 aliphatic rings. The average molecular weight is 199 g/mol. The van der Waals surface area contributed by atoms with Gasteiger partial charge in [0, 0.05) is 12.0 Å². The van der Waals surface area contributed by atoms with Crippen molar-refractivity contribution in [2.75, 3.05) is 6.54 Å². The lowest BCUT2D eigenvalue weighted by atomic mass is 10.0. The summed E-state index contributed by atoms with van der Waals surface area (Å²) in [5.41, 5.74) is 0.0493. The van der Waals surface area contributed by atoms with Crippen LogP contribution in [0.5, 0.6) is 0 Å². The van der Waals surface area contributed by atoms with Crippen LogP contribution in [0.3, 0.4) is 0 Å². The second kappa shape index (κ2) is 6.86. The van der Waals surface area contributed by atoms with Gasteiger partial charge in [-0.25, -0.2) is 0 Å². The van der Waals surface area contributed by atoms with E-state index in [0.717, 1.165) is 38.6 Å². The minimum atomic E-state index is 0.0493. The zero-order valence-electron chi connectivity index (χ0n) is 10.2. The molecule has 1 rings (SSSR count). The third-order valence-electron chi connectivity index (χ3n) is 2.83. The SMILES string of the molecule is CC.CCCCNC(=O)C1(CC)CC1. The number of amides is 1. The van der Waals surface area contributed by atoms with Crippen LogP contribution in [0.1, 0.15) is 59.8 Å². The molecule has 0 aliphatic heterocycles. The molecule has 2 nitrogen and oxygen atoms in total. The molecule has 0 aromatic rings. The summed E-state index contributed by atoms with van der Waals surface area (Å²) in [5.74, 6) is 0.290. The van der Waals surface area contributed by atoms with Crippen LogP contribution < -0.4 is 5.32 Å². The van der Waals surface area contributed by atoms with E-state index in [1.165, 1.54) is 0 Å². The van der Waals surface area contributed by atoms with Crippen molar-refractivity contribution in [3.8, 4) is 0 Å². The van der Waals surface area contributed by atoms with Gasteiger partial charge in [0.2, 0.25) is 5.91 Å². The van der Waals surface area contributed by atoms with Crippen molar-refractivity contribution in [1.29, 1.82) is 0 Å². The Morgan fingerprint density at radius 2 is 1.86 bits per heavy atom. The predicted octanol–water partition coefficient (Wildman–Crippen LogP) is 3.12. The number of carbonyl (C=O) groups is 1. The summed E-state index contributed by atoms with van der Waals surface area (Å²) < 4.78 is 0. The predicted molar refractivity (Wildman–Crippen MR) is 61.2 cm³/mol. The van der Waals surface area contributed by atoms with E-state index < -0.39 is 0 Å². The molecule has 84 valence electrons. The molecule has 1 N–H and O–H groups in total. The largest absolute Gasteiger partial charge is 0.356 e. The Morgan fingerprint density at radius 3 is 2.21 bits per heavy atom. The summed E-state index contributed by atoms with van der Waals surface area (Å²) in [7, 11) is 0. The second-order valence-corrected chi connectivity index (χ2v) is 3.74. The highest BCUT2D eigenvalue weighted by molar-refractivity contribution is 5.85. The van der Waals surface area contributed by atoms with Crippen LogP contribution in [0.25, 0.3) is 0 Å². The van der Waals surface area contributed by atoms with Gasteiger partial charge in [-0.15, -0.1) is 0 Å². The summed E-state index contributed by atoms with van der Waals surface area (Å²) in [6, 6.07) is 0. The number of hydrogen-bond donors (Lipinski definition) is 1. The van der Waals surface area contributed by atoms with Gasteiger partial charge in [0.1, 0.15) is 0 Å². The molecule has 1 saturated carbocycles. The standard InChI is InChI=1S/C10H19NO.C2H6/c1-3-5-8-11-9(12)10(4-2)6-7-10;1-2/h3-8H2,1-2H3,(H,11,12);1-2H3. The first-order valence-electron chi connectivity index (χ1n) is 6.03. The maximum Gasteiger partial charge on any atom is 0.226 e. The molecule has 0 heterocycles. The number of hydrogen-bond acceptors (Lipinski definition) is 1. The highest BCUT2D eigenvalue weighted by Gasteiger charge is 2.47. The van der Waals surface area contributed by atoms with Gasteiger partial charge in [0.15, 0.2) is 0 Å². The van der Waals surface area contributed by atoms with Gasteiger partial charge in [-0.3, -0.25) is 4.79 Å². The monoisotopic (exact) mass is 199 g/mol. The van der Waals surface area contributed by atoms with Crippen molar-refractivity contribution in [1.82, 2.24) is 5.32 Å². The van der Waals surface area contributed by atoms with Crippen LogP contribution in [0, 0.1) is 5.41 Å². The summed E-state index contributed by atoms with van der Waals surface area (Å²) >= 11 is 0. The van der Waals surface area contributed by atoms with E-state index >= 15 is 0 Å². The molecule has 1 fully saturated rings. The van der Waals surface area contributed by atoms with Gasteiger partial charge in [-0.1, -0.05) is 34.1 Å². The van der Waals surface area contributed by atoms with Gasteiger partial charge in [-0.2, -0.15) is 0 Å². The summed E-state index contributed by atoms with van der Waals surface area (Å²) in [5, 5.41) is 3.00. The molecule has 2 heteroatoms. The third kappa shape index (κ3) is 3.69. The smallest absolute Gasteiger partial charge is 0.226 e. The molecule has 1 amide bonds. The first-order chi connectivity index (χ1) is 6.75. The van der Waals surface area contributed by atoms with Crippen molar-refractivity contribution < 1.29 is 4.79 Å².